The van der Waals surface area contributed by atoms with Crippen molar-refractivity contribution in [2.24, 2.45) is 0 Å². The molecule has 1 N–H and O–H groups in total. The molecule has 0 saturated heterocycles. The van der Waals surface area contributed by atoms with E-state index in [0.29, 0.717) is 18.3 Å². The molecule has 188 valence electrons. The van der Waals surface area contributed by atoms with Crippen molar-refractivity contribution in [2.45, 2.75) is 77.7 Å². The van der Waals surface area contributed by atoms with Gasteiger partial charge in [0.25, 0.3) is 5.95 Å². The summed E-state index contributed by atoms with van der Waals surface area (Å²) in [6.45, 7) is 2.83. The van der Waals surface area contributed by atoms with Crippen molar-refractivity contribution in [3.8, 4) is 0 Å². The SMILES string of the molecule is CCCCCCCCCCCCn1nnc(N(C(=O)Nc2ccc(F)cc2F)c2ccccc2)n1. The van der Waals surface area contributed by atoms with E-state index in [-0.39, 0.29) is 11.6 Å². The van der Waals surface area contributed by atoms with Crippen molar-refractivity contribution in [3.05, 3.63) is 60.2 Å². The predicted octanol–water partition coefficient (Wildman–Crippen LogP) is 7.24. The zero-order valence-electron chi connectivity index (χ0n) is 20.3. The lowest BCUT2D eigenvalue weighted by atomic mass is 10.1. The maximum atomic E-state index is 14.1. The minimum absolute atomic E-state index is 0.0725. The number of benzene rings is 2. The van der Waals surface area contributed by atoms with Gasteiger partial charge in [-0.1, -0.05) is 88.0 Å². The van der Waals surface area contributed by atoms with Crippen LogP contribution in [0, 0.1) is 11.6 Å². The maximum Gasteiger partial charge on any atom is 0.333 e. The van der Waals surface area contributed by atoms with Crippen LogP contribution in [0.25, 0.3) is 0 Å². The van der Waals surface area contributed by atoms with E-state index in [1.807, 2.05) is 6.07 Å². The van der Waals surface area contributed by atoms with E-state index < -0.39 is 17.7 Å². The number of hydrogen-bond acceptors (Lipinski definition) is 4. The quantitative estimate of drug-likeness (QED) is 0.245. The molecule has 0 fully saturated rings. The predicted molar refractivity (Wildman–Crippen MR) is 134 cm³/mol. The number of aryl methyl sites for hydroxylation is 1. The van der Waals surface area contributed by atoms with Gasteiger partial charge in [-0.15, -0.1) is 5.10 Å². The Morgan fingerprint density at radius 2 is 1.57 bits per heavy atom. The first-order chi connectivity index (χ1) is 17.1. The minimum atomic E-state index is -0.871. The third kappa shape index (κ3) is 8.42. The van der Waals surface area contributed by atoms with Gasteiger partial charge < -0.3 is 5.32 Å². The van der Waals surface area contributed by atoms with Crippen LogP contribution in [0.4, 0.5) is 30.9 Å². The molecule has 7 nitrogen and oxygen atoms in total. The molecule has 0 aliphatic heterocycles. The molecule has 0 radical (unpaired) electrons. The second-order valence-electron chi connectivity index (χ2n) is 8.59. The lowest BCUT2D eigenvalue weighted by Gasteiger charge is -2.19. The first kappa shape index (κ1) is 26.2. The number of halogens is 2. The largest absolute Gasteiger partial charge is 0.333 e. The van der Waals surface area contributed by atoms with Crippen molar-refractivity contribution >= 4 is 23.4 Å². The Labute approximate surface area is 205 Å². The first-order valence-electron chi connectivity index (χ1n) is 12.5. The number of amides is 2. The highest BCUT2D eigenvalue weighted by atomic mass is 19.1. The van der Waals surface area contributed by atoms with Crippen molar-refractivity contribution in [1.82, 2.24) is 20.2 Å². The number of hydrogen-bond donors (Lipinski definition) is 1. The molecule has 0 saturated carbocycles. The molecule has 0 spiro atoms. The van der Waals surface area contributed by atoms with Crippen LogP contribution in [-0.4, -0.2) is 26.2 Å². The zero-order valence-corrected chi connectivity index (χ0v) is 20.3. The summed E-state index contributed by atoms with van der Waals surface area (Å²) in [5.74, 6) is -1.52. The number of anilines is 3. The van der Waals surface area contributed by atoms with E-state index >= 15 is 0 Å². The van der Waals surface area contributed by atoms with Gasteiger partial charge in [-0.3, -0.25) is 0 Å². The number of aromatic nitrogens is 4. The number of para-hydroxylation sites is 1. The van der Waals surface area contributed by atoms with Crippen LogP contribution in [0.2, 0.25) is 0 Å². The summed E-state index contributed by atoms with van der Waals surface area (Å²) in [4.78, 5) is 15.7. The van der Waals surface area contributed by atoms with E-state index in [4.69, 9.17) is 0 Å². The number of unbranched alkanes of at least 4 members (excludes halogenated alkanes) is 9. The summed E-state index contributed by atoms with van der Waals surface area (Å²) in [5, 5.41) is 15.0. The molecule has 0 unspecified atom stereocenters. The van der Waals surface area contributed by atoms with E-state index in [1.165, 1.54) is 67.1 Å². The van der Waals surface area contributed by atoms with Gasteiger partial charge in [0.15, 0.2) is 0 Å². The molecule has 3 aromatic rings. The van der Waals surface area contributed by atoms with Crippen LogP contribution in [0.3, 0.4) is 0 Å². The summed E-state index contributed by atoms with van der Waals surface area (Å²) < 4.78 is 27.3. The van der Waals surface area contributed by atoms with Gasteiger partial charge in [0.05, 0.1) is 17.9 Å². The number of nitrogens with zero attached hydrogens (tertiary/aromatic N) is 5. The molecule has 0 bridgehead atoms. The molecule has 3 rings (SSSR count). The zero-order chi connectivity index (χ0) is 24.9. The molecule has 0 atom stereocenters. The van der Waals surface area contributed by atoms with Gasteiger partial charge in [0.1, 0.15) is 11.6 Å². The van der Waals surface area contributed by atoms with Gasteiger partial charge in [-0.2, -0.15) is 4.80 Å². The fraction of sp³-hybridized carbons (Fsp3) is 0.462. The van der Waals surface area contributed by atoms with Gasteiger partial charge in [0.2, 0.25) is 0 Å². The first-order valence-corrected chi connectivity index (χ1v) is 12.5. The number of urea groups is 1. The summed E-state index contributed by atoms with van der Waals surface area (Å²) in [6.07, 6.45) is 12.3. The topological polar surface area (TPSA) is 75.9 Å². The van der Waals surface area contributed by atoms with E-state index in [2.05, 4.69) is 27.7 Å². The van der Waals surface area contributed by atoms with Crippen LogP contribution in [0.15, 0.2) is 48.5 Å². The average Bonchev–Trinajstić information content (AvgIpc) is 3.31. The molecular weight excluding hydrogens is 450 g/mol. The Kier molecular flexibility index (Phi) is 10.6. The highest BCUT2D eigenvalue weighted by molar-refractivity contribution is 6.05. The summed E-state index contributed by atoms with van der Waals surface area (Å²) in [7, 11) is 0. The molecule has 1 aromatic heterocycles. The Bertz CT molecular complexity index is 1040. The standard InChI is InChI=1S/C26H34F2N6O/c1-2-3-4-5-6-7-8-9-10-14-19-33-31-25(30-32-33)34(22-15-12-11-13-16-22)26(35)29-24-18-17-21(27)20-23(24)28/h11-13,15-18,20H,2-10,14,19H2,1H3,(H,29,35). The minimum Gasteiger partial charge on any atom is -0.304 e. The Balaban J connectivity index is 1.55. The van der Waals surface area contributed by atoms with E-state index in [0.717, 1.165) is 18.9 Å². The third-order valence-corrected chi connectivity index (χ3v) is 5.74. The smallest absolute Gasteiger partial charge is 0.304 e. The van der Waals surface area contributed by atoms with Crippen LogP contribution >= 0.6 is 0 Å². The van der Waals surface area contributed by atoms with Crippen molar-refractivity contribution in [2.75, 3.05) is 10.2 Å². The molecule has 1 heterocycles. The van der Waals surface area contributed by atoms with Crippen LogP contribution in [-0.2, 0) is 6.54 Å². The molecule has 0 aliphatic carbocycles. The summed E-state index contributed by atoms with van der Waals surface area (Å²) >= 11 is 0. The van der Waals surface area contributed by atoms with Crippen molar-refractivity contribution in [3.63, 3.8) is 0 Å². The van der Waals surface area contributed by atoms with Crippen LogP contribution in [0.1, 0.15) is 71.1 Å². The lowest BCUT2D eigenvalue weighted by Crippen LogP contribution is -2.32. The molecule has 2 aromatic carbocycles. The van der Waals surface area contributed by atoms with Crippen molar-refractivity contribution < 1.29 is 13.6 Å². The highest BCUT2D eigenvalue weighted by Gasteiger charge is 2.23. The summed E-state index contributed by atoms with van der Waals surface area (Å²) in [6, 6.07) is 11.0. The second kappa shape index (κ2) is 14.1. The molecule has 0 aliphatic rings. The monoisotopic (exact) mass is 484 g/mol. The van der Waals surface area contributed by atoms with Crippen LogP contribution < -0.4 is 10.2 Å². The fourth-order valence-electron chi connectivity index (χ4n) is 3.82. The third-order valence-electron chi connectivity index (χ3n) is 5.74. The van der Waals surface area contributed by atoms with Gasteiger partial charge >= 0.3 is 6.03 Å². The van der Waals surface area contributed by atoms with Crippen LogP contribution in [0.5, 0.6) is 0 Å². The average molecular weight is 485 g/mol. The number of rotatable bonds is 14. The normalized spacial score (nSPS) is 10.9. The Hall–Kier alpha value is -3.36. The Morgan fingerprint density at radius 3 is 2.23 bits per heavy atom. The fourth-order valence-corrected chi connectivity index (χ4v) is 3.82. The Morgan fingerprint density at radius 1 is 0.914 bits per heavy atom. The summed E-state index contributed by atoms with van der Waals surface area (Å²) in [5.41, 5.74) is 0.348. The number of nitrogens with one attached hydrogen (secondary N) is 1. The molecular formula is C26H34F2N6O. The maximum absolute atomic E-state index is 14.1. The molecule has 9 heteroatoms. The lowest BCUT2D eigenvalue weighted by molar-refractivity contribution is 0.258. The number of carbonyl (C=O) groups is 1. The molecule has 2 amide bonds. The highest BCUT2D eigenvalue weighted by Crippen LogP contribution is 2.24. The van der Waals surface area contributed by atoms with Gasteiger partial charge in [-0.25, -0.2) is 18.5 Å². The molecule has 35 heavy (non-hydrogen) atoms. The number of carbonyl (C=O) groups excluding carboxylic acids is 1. The second-order valence-corrected chi connectivity index (χ2v) is 8.59. The van der Waals surface area contributed by atoms with Crippen molar-refractivity contribution in [1.29, 1.82) is 0 Å². The number of tetrazole rings is 1. The van der Waals surface area contributed by atoms with Gasteiger partial charge in [0, 0.05) is 6.07 Å². The van der Waals surface area contributed by atoms with Gasteiger partial charge in [-0.05, 0) is 35.9 Å². The van der Waals surface area contributed by atoms with E-state index in [9.17, 15) is 13.6 Å². The van der Waals surface area contributed by atoms with E-state index in [1.54, 1.807) is 24.3 Å².